The first-order valence-corrected chi connectivity index (χ1v) is 10.6. The highest BCUT2D eigenvalue weighted by Crippen LogP contribution is 2.15. The largest absolute Gasteiger partial charge is 0.450 e. The van der Waals surface area contributed by atoms with Gasteiger partial charge in [0.05, 0.1) is 6.61 Å². The van der Waals surface area contributed by atoms with Gasteiger partial charge in [0.15, 0.2) is 5.96 Å². The summed E-state index contributed by atoms with van der Waals surface area (Å²) >= 11 is 0. The Balaban J connectivity index is 0.00000341. The molecule has 0 atom stereocenters. The van der Waals surface area contributed by atoms with E-state index in [-0.39, 0.29) is 54.5 Å². The molecule has 0 aromatic heterocycles. The first-order valence-electron chi connectivity index (χ1n) is 10.6. The number of amides is 2. The first-order chi connectivity index (χ1) is 14.6. The van der Waals surface area contributed by atoms with Gasteiger partial charge < -0.3 is 30.5 Å². The minimum atomic E-state index is -0.268. The molecule has 0 bridgehead atoms. The predicted molar refractivity (Wildman–Crippen MR) is 132 cm³/mol. The van der Waals surface area contributed by atoms with E-state index in [1.165, 1.54) is 5.69 Å². The van der Waals surface area contributed by atoms with E-state index in [0.717, 1.165) is 25.9 Å². The summed E-state index contributed by atoms with van der Waals surface area (Å²) in [4.78, 5) is 34.3. The molecule has 9 nitrogen and oxygen atoms in total. The third-order valence-corrected chi connectivity index (χ3v) is 5.51. The molecule has 3 rings (SSSR count). The summed E-state index contributed by atoms with van der Waals surface area (Å²) in [6.07, 6.45) is 1.27. The Bertz CT molecular complexity index is 732. The normalized spacial score (nSPS) is 17.7. The summed E-state index contributed by atoms with van der Waals surface area (Å²) in [6, 6.07) is 10.4. The van der Waals surface area contributed by atoms with Gasteiger partial charge in [-0.15, -0.1) is 24.0 Å². The van der Waals surface area contributed by atoms with Crippen LogP contribution in [-0.2, 0) is 9.53 Å². The van der Waals surface area contributed by atoms with Gasteiger partial charge in [-0.2, -0.15) is 0 Å². The molecule has 2 heterocycles. The lowest BCUT2D eigenvalue weighted by atomic mass is 10.1. The third kappa shape index (κ3) is 7.44. The molecule has 0 saturated carbocycles. The number of guanidine groups is 1. The van der Waals surface area contributed by atoms with Crippen molar-refractivity contribution < 1.29 is 14.3 Å². The number of para-hydroxylation sites is 1. The maximum Gasteiger partial charge on any atom is 0.409 e. The first kappa shape index (κ1) is 25.0. The SMILES string of the molecule is CCOC(=O)N1CCC(NC(N)=NCC(=O)N2CCN(c3ccccc3)CC2)CC1.I. The molecule has 2 aliphatic heterocycles. The molecule has 2 saturated heterocycles. The van der Waals surface area contributed by atoms with Crippen LogP contribution in [0.3, 0.4) is 0 Å². The Labute approximate surface area is 201 Å². The van der Waals surface area contributed by atoms with Gasteiger partial charge in [-0.1, -0.05) is 18.2 Å². The molecule has 3 N–H and O–H groups in total. The average Bonchev–Trinajstić information content (AvgIpc) is 2.79. The van der Waals surface area contributed by atoms with Gasteiger partial charge in [0, 0.05) is 51.0 Å². The Morgan fingerprint density at radius 2 is 1.71 bits per heavy atom. The van der Waals surface area contributed by atoms with Crippen LogP contribution in [0.25, 0.3) is 0 Å². The number of piperidine rings is 1. The Morgan fingerprint density at radius 1 is 1.06 bits per heavy atom. The van der Waals surface area contributed by atoms with E-state index in [0.29, 0.717) is 32.8 Å². The van der Waals surface area contributed by atoms with Crippen molar-refractivity contribution >= 4 is 47.6 Å². The lowest BCUT2D eigenvalue weighted by Gasteiger charge is -2.36. The van der Waals surface area contributed by atoms with E-state index in [9.17, 15) is 9.59 Å². The number of anilines is 1. The maximum absolute atomic E-state index is 12.5. The zero-order valence-corrected chi connectivity index (χ0v) is 20.4. The number of nitrogens with one attached hydrogen (secondary N) is 1. The fraction of sp³-hybridized carbons (Fsp3) is 0.571. The Morgan fingerprint density at radius 3 is 2.32 bits per heavy atom. The smallest absolute Gasteiger partial charge is 0.409 e. The fourth-order valence-corrected chi connectivity index (χ4v) is 3.78. The number of hydrogen-bond donors (Lipinski definition) is 2. The van der Waals surface area contributed by atoms with Gasteiger partial charge in [0.25, 0.3) is 0 Å². The highest BCUT2D eigenvalue weighted by molar-refractivity contribution is 14.0. The molecular weight excluding hydrogens is 511 g/mol. The number of ether oxygens (including phenoxy) is 1. The number of carbonyl (C=O) groups is 2. The van der Waals surface area contributed by atoms with Crippen LogP contribution in [-0.4, -0.2) is 86.2 Å². The summed E-state index contributed by atoms with van der Waals surface area (Å²) in [6.45, 7) is 6.46. The monoisotopic (exact) mass is 544 g/mol. The number of benzene rings is 1. The molecule has 0 spiro atoms. The van der Waals surface area contributed by atoms with E-state index in [2.05, 4.69) is 27.3 Å². The molecule has 0 aliphatic carbocycles. The van der Waals surface area contributed by atoms with Crippen LogP contribution in [0.5, 0.6) is 0 Å². The molecule has 0 unspecified atom stereocenters. The molecule has 172 valence electrons. The fourth-order valence-electron chi connectivity index (χ4n) is 3.78. The molecule has 1 aromatic carbocycles. The number of piperazine rings is 1. The Hall–Kier alpha value is -2.24. The molecular formula is C21H33IN6O3. The molecule has 10 heteroatoms. The van der Waals surface area contributed by atoms with Crippen molar-refractivity contribution in [1.29, 1.82) is 0 Å². The molecule has 1 aromatic rings. The van der Waals surface area contributed by atoms with Crippen LogP contribution in [0.1, 0.15) is 19.8 Å². The van der Waals surface area contributed by atoms with Gasteiger partial charge >= 0.3 is 6.09 Å². The van der Waals surface area contributed by atoms with Crippen LogP contribution in [0.2, 0.25) is 0 Å². The summed E-state index contributed by atoms with van der Waals surface area (Å²) < 4.78 is 5.02. The standard InChI is InChI=1S/C21H32N6O3.HI/c1-2-30-21(29)27-10-8-17(9-11-27)24-20(22)23-16-19(28)26-14-12-25(13-15-26)18-6-4-3-5-7-18;/h3-7,17H,2,8-16H2,1H3,(H3,22,23,24);1H. The van der Waals surface area contributed by atoms with Crippen LogP contribution >= 0.6 is 24.0 Å². The van der Waals surface area contributed by atoms with E-state index in [1.54, 1.807) is 11.8 Å². The quantitative estimate of drug-likeness (QED) is 0.331. The zero-order valence-electron chi connectivity index (χ0n) is 18.0. The van der Waals surface area contributed by atoms with Gasteiger partial charge in [-0.3, -0.25) is 4.79 Å². The molecule has 2 amide bonds. The highest BCUT2D eigenvalue weighted by atomic mass is 127. The number of hydrogen-bond acceptors (Lipinski definition) is 5. The topological polar surface area (TPSA) is 104 Å². The number of nitrogens with zero attached hydrogens (tertiary/aromatic N) is 4. The molecule has 0 radical (unpaired) electrons. The zero-order chi connectivity index (χ0) is 21.3. The van der Waals surface area contributed by atoms with E-state index < -0.39 is 0 Å². The van der Waals surface area contributed by atoms with E-state index >= 15 is 0 Å². The predicted octanol–water partition coefficient (Wildman–Crippen LogP) is 1.48. The maximum atomic E-state index is 12.5. The minimum absolute atomic E-state index is 0. The number of likely N-dealkylation sites (tertiary alicyclic amines) is 1. The number of carbonyl (C=O) groups excluding carboxylic acids is 2. The minimum Gasteiger partial charge on any atom is -0.450 e. The highest BCUT2D eigenvalue weighted by Gasteiger charge is 2.24. The van der Waals surface area contributed by atoms with Gasteiger partial charge in [-0.25, -0.2) is 9.79 Å². The summed E-state index contributed by atoms with van der Waals surface area (Å²) in [5.41, 5.74) is 7.16. The number of halogens is 1. The third-order valence-electron chi connectivity index (χ3n) is 5.51. The van der Waals surface area contributed by atoms with Crippen molar-refractivity contribution in [3.05, 3.63) is 30.3 Å². The Kier molecular flexibility index (Phi) is 10.2. The summed E-state index contributed by atoms with van der Waals surface area (Å²) in [5.74, 6) is 0.269. The van der Waals surface area contributed by atoms with Crippen LogP contribution in [0.15, 0.2) is 35.3 Å². The second kappa shape index (κ2) is 12.6. The second-order valence-electron chi connectivity index (χ2n) is 7.51. The average molecular weight is 544 g/mol. The lowest BCUT2D eigenvalue weighted by Crippen LogP contribution is -2.50. The summed E-state index contributed by atoms with van der Waals surface area (Å²) in [5, 5.41) is 3.17. The number of nitrogens with two attached hydrogens (primary N) is 1. The number of rotatable bonds is 5. The van der Waals surface area contributed by atoms with Crippen molar-refractivity contribution in [3.63, 3.8) is 0 Å². The lowest BCUT2D eigenvalue weighted by molar-refractivity contribution is -0.129. The number of aliphatic imine (C=N–C) groups is 1. The molecule has 31 heavy (non-hydrogen) atoms. The van der Waals surface area contributed by atoms with Gasteiger partial charge in [-0.05, 0) is 31.9 Å². The van der Waals surface area contributed by atoms with Crippen LogP contribution in [0.4, 0.5) is 10.5 Å². The van der Waals surface area contributed by atoms with Gasteiger partial charge in [0.2, 0.25) is 5.91 Å². The van der Waals surface area contributed by atoms with Crippen molar-refractivity contribution in [3.8, 4) is 0 Å². The van der Waals surface area contributed by atoms with Crippen molar-refractivity contribution in [2.24, 2.45) is 10.7 Å². The van der Waals surface area contributed by atoms with Crippen molar-refractivity contribution in [2.75, 3.05) is 57.3 Å². The molecule has 2 aliphatic rings. The second-order valence-corrected chi connectivity index (χ2v) is 7.51. The van der Waals surface area contributed by atoms with Gasteiger partial charge in [0.1, 0.15) is 6.54 Å². The summed E-state index contributed by atoms with van der Waals surface area (Å²) in [7, 11) is 0. The van der Waals surface area contributed by atoms with E-state index in [4.69, 9.17) is 10.5 Å². The van der Waals surface area contributed by atoms with Crippen molar-refractivity contribution in [1.82, 2.24) is 15.1 Å². The van der Waals surface area contributed by atoms with Crippen LogP contribution in [0, 0.1) is 0 Å². The van der Waals surface area contributed by atoms with E-state index in [1.807, 2.05) is 23.1 Å². The molecule has 2 fully saturated rings. The van der Waals surface area contributed by atoms with Crippen molar-refractivity contribution in [2.45, 2.75) is 25.8 Å². The van der Waals surface area contributed by atoms with Crippen LogP contribution < -0.4 is 16.0 Å².